The van der Waals surface area contributed by atoms with E-state index in [1.807, 2.05) is 48.5 Å². The third-order valence-corrected chi connectivity index (χ3v) is 5.72. The highest BCUT2D eigenvalue weighted by atomic mass is 19.1. The third-order valence-electron chi connectivity index (χ3n) is 5.72. The van der Waals surface area contributed by atoms with Gasteiger partial charge in [-0.25, -0.2) is 4.39 Å². The van der Waals surface area contributed by atoms with Crippen molar-refractivity contribution in [1.82, 2.24) is 10.2 Å². The molecule has 0 heterocycles. The Bertz CT molecular complexity index is 1040. The second-order valence-corrected chi connectivity index (χ2v) is 8.45. The first-order valence-corrected chi connectivity index (χ1v) is 12.1. The van der Waals surface area contributed by atoms with Gasteiger partial charge in [0.15, 0.2) is 6.61 Å². The summed E-state index contributed by atoms with van der Waals surface area (Å²) in [6.07, 6.45) is 3.31. The standard InChI is InChI=1S/C29H33FN2O3/c1-2-3-10-19-31-29(34)27(20-23-11-6-4-7-12-23)32(21-24-15-17-25(30)18-16-24)28(33)22-35-26-13-8-5-9-14-26/h4-9,11-18,27H,2-3,10,19-22H2,1H3,(H,31,34)/t27-/m0/s1. The molecule has 0 spiro atoms. The molecule has 5 nitrogen and oxygen atoms in total. The lowest BCUT2D eigenvalue weighted by atomic mass is 10.0. The second kappa shape index (κ2) is 13.9. The smallest absolute Gasteiger partial charge is 0.261 e. The van der Waals surface area contributed by atoms with Crippen LogP contribution in [0, 0.1) is 5.82 Å². The fourth-order valence-electron chi connectivity index (χ4n) is 3.79. The number of hydrogen-bond donors (Lipinski definition) is 1. The van der Waals surface area contributed by atoms with Gasteiger partial charge in [0.2, 0.25) is 5.91 Å². The Morgan fingerprint density at radius 3 is 2.20 bits per heavy atom. The summed E-state index contributed by atoms with van der Waals surface area (Å²) in [6, 6.07) is 23.9. The number of amides is 2. The van der Waals surface area contributed by atoms with Crippen molar-refractivity contribution in [3.05, 3.63) is 102 Å². The number of hydrogen-bond acceptors (Lipinski definition) is 3. The average Bonchev–Trinajstić information content (AvgIpc) is 2.89. The number of carbonyl (C=O) groups is 2. The van der Waals surface area contributed by atoms with Crippen LogP contribution in [0.25, 0.3) is 0 Å². The Kier molecular flexibility index (Phi) is 10.3. The van der Waals surface area contributed by atoms with E-state index in [1.54, 1.807) is 29.2 Å². The lowest BCUT2D eigenvalue weighted by Crippen LogP contribution is -2.51. The van der Waals surface area contributed by atoms with E-state index in [2.05, 4.69) is 12.2 Å². The van der Waals surface area contributed by atoms with E-state index >= 15 is 0 Å². The van der Waals surface area contributed by atoms with E-state index in [0.29, 0.717) is 18.7 Å². The summed E-state index contributed by atoms with van der Waals surface area (Å²) in [6.45, 7) is 2.61. The van der Waals surface area contributed by atoms with Crippen LogP contribution in [-0.2, 0) is 22.6 Å². The first kappa shape index (κ1) is 25.9. The van der Waals surface area contributed by atoms with E-state index in [9.17, 15) is 14.0 Å². The molecular weight excluding hydrogens is 443 g/mol. The molecule has 3 rings (SSSR count). The van der Waals surface area contributed by atoms with Crippen molar-refractivity contribution >= 4 is 11.8 Å². The third kappa shape index (κ3) is 8.56. The van der Waals surface area contributed by atoms with Crippen LogP contribution in [0.2, 0.25) is 0 Å². The number of unbranched alkanes of at least 4 members (excludes halogenated alkanes) is 2. The summed E-state index contributed by atoms with van der Waals surface area (Å²) in [4.78, 5) is 28.4. The van der Waals surface area contributed by atoms with Crippen LogP contribution in [0.4, 0.5) is 4.39 Å². The molecule has 0 aliphatic rings. The van der Waals surface area contributed by atoms with Gasteiger partial charge in [-0.05, 0) is 41.8 Å². The topological polar surface area (TPSA) is 58.6 Å². The fraction of sp³-hybridized carbons (Fsp3) is 0.310. The first-order chi connectivity index (χ1) is 17.1. The number of benzene rings is 3. The molecule has 0 bridgehead atoms. The van der Waals surface area contributed by atoms with Crippen LogP contribution in [-0.4, -0.2) is 35.9 Å². The number of nitrogens with one attached hydrogen (secondary N) is 1. The maximum Gasteiger partial charge on any atom is 0.261 e. The molecule has 3 aromatic carbocycles. The van der Waals surface area contributed by atoms with Gasteiger partial charge >= 0.3 is 0 Å². The highest BCUT2D eigenvalue weighted by Crippen LogP contribution is 2.16. The monoisotopic (exact) mass is 476 g/mol. The van der Waals surface area contributed by atoms with E-state index in [1.165, 1.54) is 12.1 Å². The highest BCUT2D eigenvalue weighted by molar-refractivity contribution is 5.88. The van der Waals surface area contributed by atoms with Crippen LogP contribution < -0.4 is 10.1 Å². The lowest BCUT2D eigenvalue weighted by Gasteiger charge is -2.31. The minimum absolute atomic E-state index is 0.164. The van der Waals surface area contributed by atoms with Gasteiger partial charge in [0.25, 0.3) is 5.91 Å². The molecule has 35 heavy (non-hydrogen) atoms. The largest absolute Gasteiger partial charge is 0.484 e. The maximum atomic E-state index is 13.5. The Hall–Kier alpha value is -3.67. The van der Waals surface area contributed by atoms with Crippen LogP contribution in [0.15, 0.2) is 84.9 Å². The van der Waals surface area contributed by atoms with E-state index in [-0.39, 0.29) is 30.8 Å². The molecule has 3 aromatic rings. The molecule has 2 amide bonds. The van der Waals surface area contributed by atoms with Crippen molar-refractivity contribution < 1.29 is 18.7 Å². The van der Waals surface area contributed by atoms with Gasteiger partial charge in [-0.1, -0.05) is 80.4 Å². The van der Waals surface area contributed by atoms with Gasteiger partial charge in [0.1, 0.15) is 17.6 Å². The molecule has 0 aliphatic carbocycles. The van der Waals surface area contributed by atoms with Gasteiger partial charge in [0, 0.05) is 19.5 Å². The van der Waals surface area contributed by atoms with Crippen molar-refractivity contribution in [2.24, 2.45) is 0 Å². The number of carbonyl (C=O) groups excluding carboxylic acids is 2. The average molecular weight is 477 g/mol. The number of para-hydroxylation sites is 1. The second-order valence-electron chi connectivity index (χ2n) is 8.45. The number of halogens is 1. The molecule has 1 N–H and O–H groups in total. The fourth-order valence-corrected chi connectivity index (χ4v) is 3.79. The number of rotatable bonds is 13. The summed E-state index contributed by atoms with van der Waals surface area (Å²) >= 11 is 0. The molecule has 184 valence electrons. The Morgan fingerprint density at radius 2 is 1.54 bits per heavy atom. The van der Waals surface area contributed by atoms with Gasteiger partial charge in [-0.2, -0.15) is 0 Å². The van der Waals surface area contributed by atoms with Gasteiger partial charge in [0.05, 0.1) is 0 Å². The minimum Gasteiger partial charge on any atom is -0.484 e. The van der Waals surface area contributed by atoms with Crippen LogP contribution >= 0.6 is 0 Å². The minimum atomic E-state index is -0.740. The van der Waals surface area contributed by atoms with Crippen molar-refractivity contribution in [2.45, 2.75) is 45.2 Å². The zero-order valence-electron chi connectivity index (χ0n) is 20.2. The van der Waals surface area contributed by atoms with Crippen molar-refractivity contribution in [2.75, 3.05) is 13.2 Å². The molecule has 1 atom stereocenters. The van der Waals surface area contributed by atoms with Crippen molar-refractivity contribution in [3.63, 3.8) is 0 Å². The predicted molar refractivity (Wildman–Crippen MR) is 135 cm³/mol. The zero-order chi connectivity index (χ0) is 24.9. The first-order valence-electron chi connectivity index (χ1n) is 12.1. The number of ether oxygens (including phenoxy) is 1. The van der Waals surface area contributed by atoms with E-state index in [0.717, 1.165) is 30.4 Å². The predicted octanol–water partition coefficient (Wildman–Crippen LogP) is 5.15. The van der Waals surface area contributed by atoms with Crippen LogP contribution in [0.3, 0.4) is 0 Å². The highest BCUT2D eigenvalue weighted by Gasteiger charge is 2.30. The molecule has 0 fully saturated rings. The van der Waals surface area contributed by atoms with Crippen molar-refractivity contribution in [3.8, 4) is 5.75 Å². The molecule has 0 aromatic heterocycles. The van der Waals surface area contributed by atoms with Crippen molar-refractivity contribution in [1.29, 1.82) is 0 Å². The summed E-state index contributed by atoms with van der Waals surface area (Å²) in [5, 5.41) is 3.01. The van der Waals surface area contributed by atoms with Gasteiger partial charge < -0.3 is 15.0 Å². The molecule has 0 unspecified atom stereocenters. The molecule has 6 heteroatoms. The molecule has 0 saturated carbocycles. The summed E-state index contributed by atoms with van der Waals surface area (Å²) in [5.41, 5.74) is 1.68. The normalized spacial score (nSPS) is 11.5. The van der Waals surface area contributed by atoms with Gasteiger partial charge in [-0.3, -0.25) is 9.59 Å². The summed E-state index contributed by atoms with van der Waals surface area (Å²) in [7, 11) is 0. The zero-order valence-corrected chi connectivity index (χ0v) is 20.2. The summed E-state index contributed by atoms with van der Waals surface area (Å²) < 4.78 is 19.2. The molecule has 0 saturated heterocycles. The number of nitrogens with zero attached hydrogens (tertiary/aromatic N) is 1. The van der Waals surface area contributed by atoms with Crippen LogP contribution in [0.5, 0.6) is 5.75 Å². The van der Waals surface area contributed by atoms with Crippen LogP contribution in [0.1, 0.15) is 37.3 Å². The Balaban J connectivity index is 1.85. The van der Waals surface area contributed by atoms with Gasteiger partial charge in [-0.15, -0.1) is 0 Å². The lowest BCUT2D eigenvalue weighted by molar-refractivity contribution is -0.142. The van der Waals surface area contributed by atoms with E-state index < -0.39 is 6.04 Å². The molecule has 0 aliphatic heterocycles. The summed E-state index contributed by atoms with van der Waals surface area (Å²) in [5.74, 6) is -0.303. The Labute approximate surface area is 206 Å². The quantitative estimate of drug-likeness (QED) is 0.347. The maximum absolute atomic E-state index is 13.5. The SMILES string of the molecule is CCCCCNC(=O)[C@H](Cc1ccccc1)N(Cc1ccc(F)cc1)C(=O)COc1ccccc1. The van der Waals surface area contributed by atoms with E-state index in [4.69, 9.17) is 4.74 Å². The Morgan fingerprint density at radius 1 is 0.886 bits per heavy atom. The molecule has 0 radical (unpaired) electrons. The molecular formula is C29H33FN2O3.